The van der Waals surface area contributed by atoms with Crippen LogP contribution in [0.2, 0.25) is 0 Å². The van der Waals surface area contributed by atoms with Crippen molar-refractivity contribution in [3.8, 4) is 23.0 Å². The highest BCUT2D eigenvalue weighted by molar-refractivity contribution is 7.71. The predicted molar refractivity (Wildman–Crippen MR) is 67.1 cm³/mol. The Morgan fingerprint density at radius 1 is 1.44 bits per heavy atom. The maximum absolute atomic E-state index is 5.42. The van der Waals surface area contributed by atoms with Crippen molar-refractivity contribution in [1.29, 1.82) is 0 Å². The minimum Gasteiger partial charge on any atom is -0.444 e. The lowest BCUT2D eigenvalue weighted by atomic mass is 10.3. The molecule has 6 nitrogen and oxygen atoms in total. The molecule has 18 heavy (non-hydrogen) atoms. The third-order valence-corrected chi connectivity index (χ3v) is 2.89. The third kappa shape index (κ3) is 1.74. The van der Waals surface area contributed by atoms with Gasteiger partial charge in [-0.15, -0.1) is 0 Å². The van der Waals surface area contributed by atoms with Gasteiger partial charge >= 0.3 is 0 Å². The molecule has 0 spiro atoms. The molecule has 3 aromatic heterocycles. The molecule has 3 aromatic rings. The first-order valence-electron chi connectivity index (χ1n) is 5.23. The van der Waals surface area contributed by atoms with Gasteiger partial charge in [0.2, 0.25) is 5.89 Å². The van der Waals surface area contributed by atoms with Crippen LogP contribution in [0.25, 0.3) is 23.0 Å². The summed E-state index contributed by atoms with van der Waals surface area (Å²) in [4.78, 5) is 8.39. The van der Waals surface area contributed by atoms with Crippen LogP contribution in [0.4, 0.5) is 0 Å². The van der Waals surface area contributed by atoms with Crippen LogP contribution in [-0.4, -0.2) is 24.7 Å². The zero-order valence-corrected chi connectivity index (χ0v) is 10.3. The van der Waals surface area contributed by atoms with Gasteiger partial charge in [0.1, 0.15) is 12.0 Å². The standard InChI is InChI=1S/C11H9N5OS/c1-16-9(14-15-11(16)18)8-6-17-10(13-8)7-3-2-4-12-5-7/h2-6H,1H3,(H,15,18). The second-order valence-electron chi connectivity index (χ2n) is 3.69. The molecule has 3 rings (SSSR count). The minimum absolute atomic E-state index is 0.506. The van der Waals surface area contributed by atoms with E-state index < -0.39 is 0 Å². The summed E-state index contributed by atoms with van der Waals surface area (Å²) in [5, 5.41) is 6.81. The lowest BCUT2D eigenvalue weighted by Crippen LogP contribution is -1.92. The molecule has 90 valence electrons. The lowest BCUT2D eigenvalue weighted by molar-refractivity contribution is 0.574. The third-order valence-electron chi connectivity index (χ3n) is 2.52. The maximum Gasteiger partial charge on any atom is 0.228 e. The van der Waals surface area contributed by atoms with Crippen molar-refractivity contribution in [2.75, 3.05) is 0 Å². The Morgan fingerprint density at radius 3 is 3.00 bits per heavy atom. The molecule has 1 N–H and O–H groups in total. The van der Waals surface area contributed by atoms with Crippen molar-refractivity contribution >= 4 is 12.2 Å². The van der Waals surface area contributed by atoms with Crippen LogP contribution >= 0.6 is 12.2 Å². The van der Waals surface area contributed by atoms with Crippen molar-refractivity contribution in [2.24, 2.45) is 7.05 Å². The molecule has 0 radical (unpaired) electrons. The van der Waals surface area contributed by atoms with E-state index >= 15 is 0 Å². The molecule has 0 aliphatic carbocycles. The zero-order valence-electron chi connectivity index (χ0n) is 9.49. The van der Waals surface area contributed by atoms with E-state index in [4.69, 9.17) is 16.6 Å². The zero-order chi connectivity index (χ0) is 12.5. The highest BCUT2D eigenvalue weighted by Crippen LogP contribution is 2.22. The summed E-state index contributed by atoms with van der Waals surface area (Å²) >= 11 is 5.05. The molecule has 0 saturated carbocycles. The van der Waals surface area contributed by atoms with Gasteiger partial charge in [-0.3, -0.25) is 10.1 Å². The molecule has 0 atom stereocenters. The van der Waals surface area contributed by atoms with E-state index in [0.29, 0.717) is 22.2 Å². The number of pyridine rings is 1. The first-order chi connectivity index (χ1) is 8.75. The molecule has 0 aliphatic rings. The molecule has 0 aromatic carbocycles. The topological polar surface area (TPSA) is 72.5 Å². The highest BCUT2D eigenvalue weighted by Gasteiger charge is 2.12. The molecular weight excluding hydrogens is 250 g/mol. The van der Waals surface area contributed by atoms with Gasteiger partial charge in [0, 0.05) is 19.4 Å². The van der Waals surface area contributed by atoms with Crippen LogP contribution in [0.15, 0.2) is 35.2 Å². The van der Waals surface area contributed by atoms with Gasteiger partial charge in [0.05, 0.1) is 5.56 Å². The summed E-state index contributed by atoms with van der Waals surface area (Å²) in [7, 11) is 1.82. The molecule has 3 heterocycles. The van der Waals surface area contributed by atoms with E-state index in [9.17, 15) is 0 Å². The summed E-state index contributed by atoms with van der Waals surface area (Å²) in [5.41, 5.74) is 1.45. The lowest BCUT2D eigenvalue weighted by Gasteiger charge is -1.93. The Labute approximate surface area is 107 Å². The summed E-state index contributed by atoms with van der Waals surface area (Å²) in [5.74, 6) is 1.14. The van der Waals surface area contributed by atoms with Gasteiger partial charge in [-0.25, -0.2) is 4.98 Å². The van der Waals surface area contributed by atoms with Gasteiger partial charge in [0.25, 0.3) is 0 Å². The molecule has 0 bridgehead atoms. The number of oxazole rings is 1. The van der Waals surface area contributed by atoms with Crippen molar-refractivity contribution in [2.45, 2.75) is 0 Å². The second-order valence-corrected chi connectivity index (χ2v) is 4.08. The quantitative estimate of drug-likeness (QED) is 0.714. The number of nitrogens with zero attached hydrogens (tertiary/aromatic N) is 4. The van der Waals surface area contributed by atoms with Crippen LogP contribution in [-0.2, 0) is 7.05 Å². The van der Waals surface area contributed by atoms with E-state index in [1.165, 1.54) is 0 Å². The van der Waals surface area contributed by atoms with Crippen molar-refractivity contribution in [1.82, 2.24) is 24.7 Å². The average Bonchev–Trinajstić information content (AvgIpc) is 3.00. The van der Waals surface area contributed by atoms with E-state index in [1.54, 1.807) is 23.2 Å². The number of hydrogen-bond donors (Lipinski definition) is 1. The first-order valence-corrected chi connectivity index (χ1v) is 5.64. The fourth-order valence-electron chi connectivity index (χ4n) is 1.57. The fourth-order valence-corrected chi connectivity index (χ4v) is 1.71. The monoisotopic (exact) mass is 259 g/mol. The SMILES string of the molecule is Cn1c(-c2coc(-c3cccnc3)n2)n[nH]c1=S. The van der Waals surface area contributed by atoms with Crippen molar-refractivity contribution < 1.29 is 4.42 Å². The van der Waals surface area contributed by atoms with Gasteiger partial charge in [-0.2, -0.15) is 5.10 Å². The number of aromatic nitrogens is 5. The number of nitrogens with one attached hydrogen (secondary N) is 1. The van der Waals surface area contributed by atoms with Gasteiger partial charge < -0.3 is 8.98 Å². The van der Waals surface area contributed by atoms with Crippen LogP contribution in [0.1, 0.15) is 0 Å². The van der Waals surface area contributed by atoms with E-state index in [1.807, 2.05) is 19.2 Å². The Balaban J connectivity index is 2.05. The van der Waals surface area contributed by atoms with E-state index in [-0.39, 0.29) is 0 Å². The number of rotatable bonds is 2. The Hall–Kier alpha value is -2.28. The highest BCUT2D eigenvalue weighted by atomic mass is 32.1. The smallest absolute Gasteiger partial charge is 0.228 e. The molecule has 0 saturated heterocycles. The largest absolute Gasteiger partial charge is 0.444 e. The molecule has 0 unspecified atom stereocenters. The first kappa shape index (κ1) is 10.8. The minimum atomic E-state index is 0.506. The van der Waals surface area contributed by atoms with Crippen molar-refractivity contribution in [3.63, 3.8) is 0 Å². The Kier molecular flexibility index (Phi) is 2.52. The van der Waals surface area contributed by atoms with Gasteiger partial charge in [0.15, 0.2) is 10.6 Å². The van der Waals surface area contributed by atoms with Gasteiger partial charge in [-0.05, 0) is 24.4 Å². The van der Waals surface area contributed by atoms with Crippen LogP contribution in [0.5, 0.6) is 0 Å². The maximum atomic E-state index is 5.42. The van der Waals surface area contributed by atoms with Crippen LogP contribution in [0, 0.1) is 4.77 Å². The molecule has 0 amide bonds. The molecule has 7 heteroatoms. The van der Waals surface area contributed by atoms with E-state index in [2.05, 4.69) is 20.2 Å². The summed E-state index contributed by atoms with van der Waals surface area (Å²) < 4.78 is 7.69. The molecule has 0 aliphatic heterocycles. The van der Waals surface area contributed by atoms with Gasteiger partial charge in [-0.1, -0.05) is 0 Å². The molecule has 0 fully saturated rings. The summed E-state index contributed by atoms with van der Waals surface area (Å²) in [6, 6.07) is 3.71. The second kappa shape index (κ2) is 4.19. The molecular formula is C11H9N5OS. The normalized spacial score (nSPS) is 10.7. The fraction of sp³-hybridized carbons (Fsp3) is 0.0909. The average molecular weight is 259 g/mol. The Morgan fingerprint density at radius 2 is 2.33 bits per heavy atom. The number of H-pyrrole nitrogens is 1. The number of hydrogen-bond acceptors (Lipinski definition) is 5. The van der Waals surface area contributed by atoms with Crippen LogP contribution < -0.4 is 0 Å². The Bertz CT molecular complexity index is 727. The van der Waals surface area contributed by atoms with Crippen LogP contribution in [0.3, 0.4) is 0 Å². The number of aromatic amines is 1. The van der Waals surface area contributed by atoms with Crippen molar-refractivity contribution in [3.05, 3.63) is 35.6 Å². The summed E-state index contributed by atoms with van der Waals surface area (Å²) in [6.45, 7) is 0. The summed E-state index contributed by atoms with van der Waals surface area (Å²) in [6.07, 6.45) is 4.94. The van der Waals surface area contributed by atoms with E-state index in [0.717, 1.165) is 5.56 Å². The predicted octanol–water partition coefficient (Wildman–Crippen LogP) is 2.19.